The van der Waals surface area contributed by atoms with E-state index in [1.165, 1.54) is 6.07 Å². The Labute approximate surface area is 130 Å². The first-order valence-electron chi connectivity index (χ1n) is 6.09. The van der Waals surface area contributed by atoms with Gasteiger partial charge in [0.2, 0.25) is 0 Å². The van der Waals surface area contributed by atoms with E-state index in [4.69, 9.17) is 22.1 Å². The van der Waals surface area contributed by atoms with Gasteiger partial charge in [-0.2, -0.15) is 0 Å². The van der Waals surface area contributed by atoms with Crippen molar-refractivity contribution in [1.82, 2.24) is 0 Å². The third-order valence-electron chi connectivity index (χ3n) is 2.84. The summed E-state index contributed by atoms with van der Waals surface area (Å²) in [7, 11) is 0. The van der Waals surface area contributed by atoms with Gasteiger partial charge in [0.05, 0.1) is 5.02 Å². The molecule has 2 rings (SSSR count). The predicted molar refractivity (Wildman–Crippen MR) is 82.5 cm³/mol. The van der Waals surface area contributed by atoms with Gasteiger partial charge in [0, 0.05) is 16.1 Å². The molecule has 0 spiro atoms. The Morgan fingerprint density at radius 1 is 1.30 bits per heavy atom. The van der Waals surface area contributed by atoms with E-state index in [1.54, 1.807) is 12.1 Å². The Balaban J connectivity index is 2.16. The standard InChI is InChI=1S/C15H14BrClFNO/c1-9(19)12-7-11(16)3-5-15(12)20-8-10-2-4-14(18)13(17)6-10/h2-7,9H,8,19H2,1H3. The maximum absolute atomic E-state index is 13.1. The van der Waals surface area contributed by atoms with Crippen molar-refractivity contribution in [3.05, 3.63) is 62.8 Å². The van der Waals surface area contributed by atoms with E-state index in [9.17, 15) is 4.39 Å². The largest absolute Gasteiger partial charge is 0.489 e. The monoisotopic (exact) mass is 357 g/mol. The van der Waals surface area contributed by atoms with E-state index in [-0.39, 0.29) is 11.1 Å². The fraction of sp³-hybridized carbons (Fsp3) is 0.200. The number of hydrogen-bond donors (Lipinski definition) is 1. The molecule has 0 aliphatic carbocycles. The highest BCUT2D eigenvalue weighted by molar-refractivity contribution is 9.10. The van der Waals surface area contributed by atoms with Crippen LogP contribution in [0.2, 0.25) is 5.02 Å². The quantitative estimate of drug-likeness (QED) is 0.848. The first-order chi connectivity index (χ1) is 9.47. The third kappa shape index (κ3) is 3.72. The molecule has 20 heavy (non-hydrogen) atoms. The molecule has 5 heteroatoms. The topological polar surface area (TPSA) is 35.2 Å². The fourth-order valence-electron chi connectivity index (χ4n) is 1.80. The van der Waals surface area contributed by atoms with Gasteiger partial charge in [0.15, 0.2) is 0 Å². The average molecular weight is 359 g/mol. The van der Waals surface area contributed by atoms with E-state index in [2.05, 4.69) is 15.9 Å². The lowest BCUT2D eigenvalue weighted by Gasteiger charge is -2.14. The molecule has 0 heterocycles. The molecule has 2 N–H and O–H groups in total. The van der Waals surface area contributed by atoms with Crippen LogP contribution in [0.3, 0.4) is 0 Å². The number of ether oxygens (including phenoxy) is 1. The second-order valence-electron chi connectivity index (χ2n) is 4.51. The van der Waals surface area contributed by atoms with Crippen LogP contribution in [-0.4, -0.2) is 0 Å². The fourth-order valence-corrected chi connectivity index (χ4v) is 2.38. The van der Waals surface area contributed by atoms with Gasteiger partial charge in [-0.1, -0.05) is 33.6 Å². The van der Waals surface area contributed by atoms with E-state index < -0.39 is 5.82 Å². The van der Waals surface area contributed by atoms with E-state index in [0.29, 0.717) is 12.4 Å². The van der Waals surface area contributed by atoms with Gasteiger partial charge in [-0.05, 0) is 42.8 Å². The summed E-state index contributed by atoms with van der Waals surface area (Å²) in [6.07, 6.45) is 0. The molecule has 2 aromatic rings. The van der Waals surface area contributed by atoms with E-state index >= 15 is 0 Å². The zero-order chi connectivity index (χ0) is 14.7. The van der Waals surface area contributed by atoms with Crippen molar-refractivity contribution in [2.75, 3.05) is 0 Å². The molecule has 0 saturated heterocycles. The molecule has 0 aliphatic heterocycles. The van der Waals surface area contributed by atoms with Gasteiger partial charge in [-0.15, -0.1) is 0 Å². The lowest BCUT2D eigenvalue weighted by molar-refractivity contribution is 0.301. The van der Waals surface area contributed by atoms with Crippen molar-refractivity contribution in [2.24, 2.45) is 5.73 Å². The van der Waals surface area contributed by atoms with Gasteiger partial charge in [0.25, 0.3) is 0 Å². The maximum Gasteiger partial charge on any atom is 0.141 e. The highest BCUT2D eigenvalue weighted by Gasteiger charge is 2.09. The normalized spacial score (nSPS) is 12.2. The van der Waals surface area contributed by atoms with Crippen LogP contribution < -0.4 is 10.5 Å². The predicted octanol–water partition coefficient (Wildman–Crippen LogP) is 4.84. The molecule has 1 unspecified atom stereocenters. The summed E-state index contributed by atoms with van der Waals surface area (Å²) in [6, 6.07) is 10.1. The molecular weight excluding hydrogens is 345 g/mol. The number of nitrogens with two attached hydrogens (primary N) is 1. The van der Waals surface area contributed by atoms with Crippen LogP contribution in [0, 0.1) is 5.82 Å². The zero-order valence-electron chi connectivity index (χ0n) is 10.9. The summed E-state index contributed by atoms with van der Waals surface area (Å²) in [5.74, 6) is 0.277. The zero-order valence-corrected chi connectivity index (χ0v) is 13.2. The maximum atomic E-state index is 13.1. The average Bonchev–Trinajstić information content (AvgIpc) is 2.41. The van der Waals surface area contributed by atoms with Crippen LogP contribution in [0.5, 0.6) is 5.75 Å². The highest BCUT2D eigenvalue weighted by atomic mass is 79.9. The van der Waals surface area contributed by atoms with Crippen molar-refractivity contribution in [2.45, 2.75) is 19.6 Å². The van der Waals surface area contributed by atoms with Crippen LogP contribution in [0.25, 0.3) is 0 Å². The second kappa shape index (κ2) is 6.57. The number of benzene rings is 2. The van der Waals surface area contributed by atoms with Crippen LogP contribution >= 0.6 is 27.5 Å². The van der Waals surface area contributed by atoms with Crippen LogP contribution in [0.15, 0.2) is 40.9 Å². The Morgan fingerprint density at radius 3 is 2.70 bits per heavy atom. The third-order valence-corrected chi connectivity index (χ3v) is 3.62. The van der Waals surface area contributed by atoms with E-state index in [0.717, 1.165) is 15.6 Å². The molecule has 0 aliphatic rings. The summed E-state index contributed by atoms with van der Waals surface area (Å²) < 4.78 is 19.8. The molecule has 2 nitrogen and oxygen atoms in total. The minimum absolute atomic E-state index is 0.0920. The Morgan fingerprint density at radius 2 is 2.05 bits per heavy atom. The Bertz CT molecular complexity index is 619. The second-order valence-corrected chi connectivity index (χ2v) is 5.83. The molecule has 0 bridgehead atoms. The SMILES string of the molecule is CC(N)c1cc(Br)ccc1OCc1ccc(F)c(Cl)c1. The summed E-state index contributed by atoms with van der Waals surface area (Å²) in [6.45, 7) is 2.20. The Kier molecular flexibility index (Phi) is 5.02. The number of halogens is 3. The minimum Gasteiger partial charge on any atom is -0.489 e. The van der Waals surface area contributed by atoms with Crippen molar-refractivity contribution in [1.29, 1.82) is 0 Å². The van der Waals surface area contributed by atoms with Crippen LogP contribution in [-0.2, 0) is 6.61 Å². The Hall–Kier alpha value is -1.10. The molecule has 0 radical (unpaired) electrons. The molecule has 106 valence electrons. The van der Waals surface area contributed by atoms with Gasteiger partial charge < -0.3 is 10.5 Å². The van der Waals surface area contributed by atoms with Gasteiger partial charge in [-0.25, -0.2) is 4.39 Å². The molecule has 0 aromatic heterocycles. The summed E-state index contributed by atoms with van der Waals surface area (Å²) >= 11 is 9.15. The van der Waals surface area contributed by atoms with Gasteiger partial charge in [-0.3, -0.25) is 0 Å². The van der Waals surface area contributed by atoms with Crippen LogP contribution in [0.1, 0.15) is 24.1 Å². The van der Waals surface area contributed by atoms with Crippen molar-refractivity contribution in [3.63, 3.8) is 0 Å². The molecule has 0 fully saturated rings. The summed E-state index contributed by atoms with van der Waals surface area (Å²) in [5, 5.41) is 0.0920. The van der Waals surface area contributed by atoms with Gasteiger partial charge >= 0.3 is 0 Å². The van der Waals surface area contributed by atoms with Crippen molar-refractivity contribution in [3.8, 4) is 5.75 Å². The smallest absolute Gasteiger partial charge is 0.141 e. The first-order valence-corrected chi connectivity index (χ1v) is 7.26. The summed E-state index contributed by atoms with van der Waals surface area (Å²) in [4.78, 5) is 0. The number of hydrogen-bond acceptors (Lipinski definition) is 2. The van der Waals surface area contributed by atoms with E-state index in [1.807, 2.05) is 25.1 Å². The van der Waals surface area contributed by atoms with Crippen molar-refractivity contribution < 1.29 is 9.13 Å². The molecule has 2 aromatic carbocycles. The molecular formula is C15H14BrClFNO. The number of rotatable bonds is 4. The van der Waals surface area contributed by atoms with Crippen LogP contribution in [0.4, 0.5) is 4.39 Å². The van der Waals surface area contributed by atoms with Crippen molar-refractivity contribution >= 4 is 27.5 Å². The highest BCUT2D eigenvalue weighted by Crippen LogP contribution is 2.28. The molecule has 0 amide bonds. The lowest BCUT2D eigenvalue weighted by Crippen LogP contribution is -2.08. The summed E-state index contributed by atoms with van der Waals surface area (Å²) in [5.41, 5.74) is 7.64. The lowest BCUT2D eigenvalue weighted by atomic mass is 10.1. The first kappa shape index (κ1) is 15.3. The molecule has 0 saturated carbocycles. The molecule has 1 atom stereocenters. The van der Waals surface area contributed by atoms with Gasteiger partial charge in [0.1, 0.15) is 18.2 Å². The minimum atomic E-state index is -0.435.